The van der Waals surface area contributed by atoms with E-state index in [1.807, 2.05) is 30.3 Å². The van der Waals surface area contributed by atoms with Crippen LogP contribution in [-0.2, 0) is 4.79 Å². The molecule has 0 radical (unpaired) electrons. The number of amides is 1. The van der Waals surface area contributed by atoms with Gasteiger partial charge >= 0.3 is 5.97 Å². The van der Waals surface area contributed by atoms with Gasteiger partial charge in [-0.25, -0.2) is 4.79 Å². The van der Waals surface area contributed by atoms with E-state index in [4.69, 9.17) is 23.1 Å². The highest BCUT2D eigenvalue weighted by Crippen LogP contribution is 2.16. The van der Waals surface area contributed by atoms with Crippen LogP contribution in [0.2, 0.25) is 0 Å². The van der Waals surface area contributed by atoms with Gasteiger partial charge in [-0.1, -0.05) is 24.1 Å². The number of anilines is 1. The number of aromatic nitrogens is 2. The molecule has 1 atom stereocenters. The average molecular weight is 334 g/mol. The van der Waals surface area contributed by atoms with E-state index in [0.29, 0.717) is 0 Å². The van der Waals surface area contributed by atoms with Crippen LogP contribution in [-0.4, -0.2) is 39.1 Å². The molecule has 0 bridgehead atoms. The van der Waals surface area contributed by atoms with E-state index in [2.05, 4.69) is 16.1 Å². The minimum atomic E-state index is -0.984. The van der Waals surface area contributed by atoms with Crippen LogP contribution in [0.15, 0.2) is 42.6 Å². The number of H-pyrrole nitrogens is 1. The Bertz CT molecular complexity index is 666. The Morgan fingerprint density at radius 2 is 2.04 bits per heavy atom. The number of hydrogen-bond donors (Lipinski definition) is 2. The second-order valence-electron chi connectivity index (χ2n) is 4.35. The highest BCUT2D eigenvalue weighted by atomic mass is 35.5. The zero-order valence-electron chi connectivity index (χ0n) is 12.4. The third-order valence-corrected chi connectivity index (χ3v) is 3.01. The fourth-order valence-electron chi connectivity index (χ4n) is 1.69. The van der Waals surface area contributed by atoms with Gasteiger partial charge in [-0.15, -0.1) is 18.0 Å². The molecule has 23 heavy (non-hydrogen) atoms. The standard InChI is InChI=1S/C12H12ClNO.C4H4N2O2/c1-3-10(2)14(12(15)9-13)11-7-5-4-6-8-11;7-4(8)3-1-2-5-6-3/h1,4-8,10H,9H2,2H3;1-2H,(H,5,6)(H,7,8). The Kier molecular flexibility index (Phi) is 7.37. The first-order chi connectivity index (χ1) is 11.0. The summed E-state index contributed by atoms with van der Waals surface area (Å²) in [6.07, 6.45) is 6.71. The van der Waals surface area contributed by atoms with Crippen LogP contribution in [0, 0.1) is 12.3 Å². The third-order valence-electron chi connectivity index (χ3n) is 2.78. The first-order valence-corrected chi connectivity index (χ1v) is 7.16. The van der Waals surface area contributed by atoms with Gasteiger partial charge in [0.25, 0.3) is 0 Å². The highest BCUT2D eigenvalue weighted by Gasteiger charge is 2.18. The number of aromatic amines is 1. The van der Waals surface area contributed by atoms with Crippen molar-refractivity contribution in [1.29, 1.82) is 0 Å². The maximum Gasteiger partial charge on any atom is 0.353 e. The number of halogens is 1. The smallest absolute Gasteiger partial charge is 0.353 e. The number of terminal acetylenes is 1. The molecule has 1 aromatic heterocycles. The quantitative estimate of drug-likeness (QED) is 0.664. The Hall–Kier alpha value is -2.78. The number of carbonyl (C=O) groups excluding carboxylic acids is 1. The van der Waals surface area contributed by atoms with Gasteiger partial charge in [0.05, 0.1) is 6.04 Å². The molecule has 0 spiro atoms. The molecule has 2 rings (SSSR count). The summed E-state index contributed by atoms with van der Waals surface area (Å²) in [5.41, 5.74) is 0.888. The Morgan fingerprint density at radius 1 is 1.39 bits per heavy atom. The first kappa shape index (κ1) is 18.3. The van der Waals surface area contributed by atoms with Gasteiger partial charge in [0.2, 0.25) is 5.91 Å². The summed E-state index contributed by atoms with van der Waals surface area (Å²) >= 11 is 5.54. The Balaban J connectivity index is 0.000000277. The van der Waals surface area contributed by atoms with Crippen LogP contribution >= 0.6 is 11.6 Å². The molecule has 1 amide bonds. The molecule has 2 N–H and O–H groups in total. The van der Waals surface area contributed by atoms with Gasteiger partial charge in [-0.3, -0.25) is 14.8 Å². The number of alkyl halides is 1. The van der Waals surface area contributed by atoms with E-state index in [1.165, 1.54) is 17.2 Å². The van der Waals surface area contributed by atoms with Crippen LogP contribution < -0.4 is 4.90 Å². The van der Waals surface area contributed by atoms with Crippen LogP contribution in [0.4, 0.5) is 5.69 Å². The molecular formula is C16H16ClN3O3. The van der Waals surface area contributed by atoms with Gasteiger partial charge in [-0.2, -0.15) is 5.10 Å². The number of carboxylic acids is 1. The highest BCUT2D eigenvalue weighted by molar-refractivity contribution is 6.29. The van der Waals surface area contributed by atoms with Crippen molar-refractivity contribution in [3.63, 3.8) is 0 Å². The molecule has 1 aromatic carbocycles. The summed E-state index contributed by atoms with van der Waals surface area (Å²) in [6, 6.07) is 10.4. The van der Waals surface area contributed by atoms with Crippen LogP contribution in [0.25, 0.3) is 0 Å². The van der Waals surface area contributed by atoms with Gasteiger partial charge in [0.15, 0.2) is 0 Å². The molecule has 1 unspecified atom stereocenters. The number of aromatic carboxylic acids is 1. The zero-order valence-corrected chi connectivity index (χ0v) is 13.2. The minimum absolute atomic E-state index is 0.0685. The summed E-state index contributed by atoms with van der Waals surface area (Å²) in [6.45, 7) is 1.79. The maximum absolute atomic E-state index is 11.6. The fourth-order valence-corrected chi connectivity index (χ4v) is 1.81. The number of hydrogen-bond acceptors (Lipinski definition) is 3. The molecule has 0 saturated carbocycles. The number of benzene rings is 1. The lowest BCUT2D eigenvalue weighted by Crippen LogP contribution is -2.38. The van der Waals surface area contributed by atoms with Crippen LogP contribution in [0.5, 0.6) is 0 Å². The summed E-state index contributed by atoms with van der Waals surface area (Å²) < 4.78 is 0. The number of carbonyl (C=O) groups is 2. The summed E-state index contributed by atoms with van der Waals surface area (Å²) in [5, 5.41) is 13.9. The molecule has 0 fully saturated rings. The number of para-hydroxylation sites is 1. The predicted octanol–water partition coefficient (Wildman–Crippen LogP) is 2.39. The van der Waals surface area contributed by atoms with Crippen molar-refractivity contribution in [2.24, 2.45) is 0 Å². The SMILES string of the molecule is C#CC(C)N(C(=O)CCl)c1ccccc1.O=C(O)c1ccn[nH]1. The summed E-state index contributed by atoms with van der Waals surface area (Å²) in [7, 11) is 0. The van der Waals surface area contributed by atoms with E-state index in [-0.39, 0.29) is 23.5 Å². The van der Waals surface area contributed by atoms with Gasteiger partial charge in [0.1, 0.15) is 11.6 Å². The molecular weight excluding hydrogens is 318 g/mol. The van der Waals surface area contributed by atoms with E-state index in [9.17, 15) is 9.59 Å². The Morgan fingerprint density at radius 3 is 2.43 bits per heavy atom. The topological polar surface area (TPSA) is 86.3 Å². The predicted molar refractivity (Wildman–Crippen MR) is 88.5 cm³/mol. The van der Waals surface area contributed by atoms with Crippen LogP contribution in [0.3, 0.4) is 0 Å². The molecule has 1 heterocycles. The molecule has 120 valence electrons. The van der Waals surface area contributed by atoms with Gasteiger partial charge in [-0.05, 0) is 25.1 Å². The second-order valence-corrected chi connectivity index (χ2v) is 4.62. The maximum atomic E-state index is 11.6. The summed E-state index contributed by atoms with van der Waals surface area (Å²) in [4.78, 5) is 23.1. The second kappa shape index (κ2) is 9.28. The monoisotopic (exact) mass is 333 g/mol. The number of rotatable bonds is 4. The largest absolute Gasteiger partial charge is 0.477 e. The molecule has 0 aliphatic rings. The van der Waals surface area contributed by atoms with Crippen molar-refractivity contribution in [2.45, 2.75) is 13.0 Å². The van der Waals surface area contributed by atoms with Crippen molar-refractivity contribution >= 4 is 29.2 Å². The van der Waals surface area contributed by atoms with Crippen molar-refractivity contribution in [1.82, 2.24) is 10.2 Å². The lowest BCUT2D eigenvalue weighted by molar-refractivity contribution is -0.116. The lowest BCUT2D eigenvalue weighted by atomic mass is 10.2. The van der Waals surface area contributed by atoms with Crippen molar-refractivity contribution in [3.05, 3.63) is 48.3 Å². The lowest BCUT2D eigenvalue weighted by Gasteiger charge is -2.25. The molecule has 2 aromatic rings. The van der Waals surface area contributed by atoms with Crippen molar-refractivity contribution in [2.75, 3.05) is 10.8 Å². The molecule has 0 aliphatic heterocycles. The fraction of sp³-hybridized carbons (Fsp3) is 0.188. The van der Waals surface area contributed by atoms with E-state index in [1.54, 1.807) is 6.92 Å². The third kappa shape index (κ3) is 5.49. The number of nitrogens with zero attached hydrogens (tertiary/aromatic N) is 2. The number of nitrogens with one attached hydrogen (secondary N) is 1. The van der Waals surface area contributed by atoms with Crippen molar-refractivity contribution < 1.29 is 14.7 Å². The van der Waals surface area contributed by atoms with Crippen LogP contribution in [0.1, 0.15) is 17.4 Å². The van der Waals surface area contributed by atoms with E-state index < -0.39 is 5.97 Å². The zero-order chi connectivity index (χ0) is 17.2. The normalized spacial score (nSPS) is 10.7. The van der Waals surface area contributed by atoms with Gasteiger partial charge in [0, 0.05) is 11.9 Å². The molecule has 6 nitrogen and oxygen atoms in total. The minimum Gasteiger partial charge on any atom is -0.477 e. The molecule has 7 heteroatoms. The number of carboxylic acid groups (broad SMARTS) is 1. The average Bonchev–Trinajstić information content (AvgIpc) is 3.11. The first-order valence-electron chi connectivity index (χ1n) is 6.63. The van der Waals surface area contributed by atoms with E-state index >= 15 is 0 Å². The Labute approximate surface area is 139 Å². The van der Waals surface area contributed by atoms with E-state index in [0.717, 1.165) is 5.69 Å². The molecule has 0 saturated heterocycles. The summed E-state index contributed by atoms with van der Waals surface area (Å²) in [5.74, 6) is 1.29. The van der Waals surface area contributed by atoms with Gasteiger partial charge < -0.3 is 5.11 Å². The molecule has 0 aliphatic carbocycles. The van der Waals surface area contributed by atoms with Crippen molar-refractivity contribution in [3.8, 4) is 12.3 Å².